The minimum absolute atomic E-state index is 0.0483. The zero-order valence-electron chi connectivity index (χ0n) is 23.0. The monoisotopic (exact) mass is 523 g/mol. The van der Waals surface area contributed by atoms with Gasteiger partial charge in [-0.05, 0) is 45.7 Å². The van der Waals surface area contributed by atoms with Gasteiger partial charge in [0, 0.05) is 24.9 Å². The molecule has 1 aliphatic rings. The zero-order valence-corrected chi connectivity index (χ0v) is 23.0. The number of nitrogens with one attached hydrogen (secondary N) is 2. The minimum Gasteiger partial charge on any atom is -0.507 e. The fraction of sp³-hybridized carbons (Fsp3) is 0.519. The predicted molar refractivity (Wildman–Crippen MR) is 144 cm³/mol. The quantitative estimate of drug-likeness (QED) is 0.479. The summed E-state index contributed by atoms with van der Waals surface area (Å²) in [4.78, 5) is 49.3. The Morgan fingerprint density at radius 1 is 1.11 bits per heavy atom. The smallest absolute Gasteiger partial charge is 0.507 e. The van der Waals surface area contributed by atoms with Crippen molar-refractivity contribution in [2.24, 2.45) is 5.92 Å². The lowest BCUT2D eigenvalue weighted by atomic mass is 9.72. The molecule has 0 unspecified atom stereocenters. The molecule has 1 fully saturated rings. The summed E-state index contributed by atoms with van der Waals surface area (Å²) in [5.74, 6) is -1.80. The molecule has 5 atom stereocenters. The van der Waals surface area contributed by atoms with Crippen LogP contribution in [-0.4, -0.2) is 77.0 Å². The van der Waals surface area contributed by atoms with Crippen molar-refractivity contribution in [3.63, 3.8) is 0 Å². The molecular formula is C27H38BN5O5. The van der Waals surface area contributed by atoms with E-state index in [1.165, 1.54) is 18.6 Å². The number of rotatable bonds is 9. The number of carbonyl (C=O) groups excluding carboxylic acids is 3. The van der Waals surface area contributed by atoms with Crippen LogP contribution < -0.4 is 10.6 Å². The standard InChI is InChI=1S/C27H38BN5O5/c1-17(2)14-24(28-37-20(5)18(3)33(6)19(4)27(36)38-28)32-25(34)22(15-21-10-8-7-9-11-21)31-26(35)23-16-29-12-13-30-23/h7-13,16-20,22,24H,14-15H2,1-6H3,(H,31,35)(H,32,34)/t18-,19+,20-,22+,24+/m1/s1. The molecule has 11 heteroatoms. The van der Waals surface area contributed by atoms with Crippen LogP contribution >= 0.6 is 0 Å². The maximum Gasteiger partial charge on any atom is 0.551 e. The number of nitrogens with zero attached hydrogens (tertiary/aromatic N) is 3. The van der Waals surface area contributed by atoms with E-state index >= 15 is 0 Å². The summed E-state index contributed by atoms with van der Waals surface area (Å²) in [7, 11) is 0.883. The molecule has 1 saturated heterocycles. The molecule has 3 rings (SSSR count). The van der Waals surface area contributed by atoms with Crippen LogP contribution in [0.5, 0.6) is 0 Å². The van der Waals surface area contributed by atoms with Crippen molar-refractivity contribution in [2.45, 2.75) is 77.6 Å². The first kappa shape index (κ1) is 29.3. The van der Waals surface area contributed by atoms with E-state index in [2.05, 4.69) is 20.6 Å². The Balaban J connectivity index is 1.85. The lowest BCUT2D eigenvalue weighted by Gasteiger charge is -2.39. The average Bonchev–Trinajstić information content (AvgIpc) is 2.90. The van der Waals surface area contributed by atoms with Gasteiger partial charge in [-0.3, -0.25) is 24.3 Å². The van der Waals surface area contributed by atoms with Gasteiger partial charge in [0.15, 0.2) is 0 Å². The second-order valence-electron chi connectivity index (χ2n) is 10.3. The van der Waals surface area contributed by atoms with Crippen LogP contribution in [-0.2, 0) is 25.3 Å². The normalized spacial score (nSPS) is 22.1. The van der Waals surface area contributed by atoms with Crippen molar-refractivity contribution in [2.75, 3.05) is 7.05 Å². The number of amides is 2. The van der Waals surface area contributed by atoms with Gasteiger partial charge in [0.25, 0.3) is 5.91 Å². The minimum atomic E-state index is -0.976. The third kappa shape index (κ3) is 7.85. The van der Waals surface area contributed by atoms with E-state index in [1.807, 2.05) is 70.0 Å². The molecule has 0 spiro atoms. The van der Waals surface area contributed by atoms with E-state index in [0.717, 1.165) is 5.56 Å². The van der Waals surface area contributed by atoms with E-state index in [9.17, 15) is 14.4 Å². The summed E-state index contributed by atoms with van der Waals surface area (Å²) in [5, 5.41) is 5.81. The van der Waals surface area contributed by atoms with Crippen LogP contribution in [0.4, 0.5) is 0 Å². The molecule has 2 N–H and O–H groups in total. The molecule has 10 nitrogen and oxygen atoms in total. The number of hydrogen-bond donors (Lipinski definition) is 2. The summed E-state index contributed by atoms with van der Waals surface area (Å²) < 4.78 is 12.0. The Labute approximate surface area is 225 Å². The van der Waals surface area contributed by atoms with Crippen molar-refractivity contribution in [1.29, 1.82) is 0 Å². The average molecular weight is 523 g/mol. The van der Waals surface area contributed by atoms with Gasteiger partial charge < -0.3 is 19.9 Å². The Hall–Kier alpha value is -3.31. The predicted octanol–water partition coefficient (Wildman–Crippen LogP) is 2.05. The van der Waals surface area contributed by atoms with Crippen LogP contribution in [0.1, 0.15) is 57.1 Å². The van der Waals surface area contributed by atoms with Gasteiger partial charge in [-0.1, -0.05) is 44.2 Å². The van der Waals surface area contributed by atoms with Crippen LogP contribution in [0.2, 0.25) is 0 Å². The Morgan fingerprint density at radius 3 is 2.45 bits per heavy atom. The first-order valence-corrected chi connectivity index (χ1v) is 13.1. The third-order valence-electron chi connectivity index (χ3n) is 6.94. The molecule has 2 heterocycles. The molecule has 1 aliphatic heterocycles. The van der Waals surface area contributed by atoms with Gasteiger partial charge in [-0.2, -0.15) is 0 Å². The van der Waals surface area contributed by atoms with Crippen LogP contribution in [0, 0.1) is 5.92 Å². The molecule has 38 heavy (non-hydrogen) atoms. The lowest BCUT2D eigenvalue weighted by Crippen LogP contribution is -2.60. The van der Waals surface area contributed by atoms with Gasteiger partial charge in [0.1, 0.15) is 17.8 Å². The zero-order chi connectivity index (χ0) is 27.8. The van der Waals surface area contributed by atoms with Crippen molar-refractivity contribution in [3.8, 4) is 0 Å². The molecular weight excluding hydrogens is 485 g/mol. The first-order valence-electron chi connectivity index (χ1n) is 13.1. The summed E-state index contributed by atoms with van der Waals surface area (Å²) in [6, 6.07) is 7.99. The molecule has 204 valence electrons. The summed E-state index contributed by atoms with van der Waals surface area (Å²) in [6.07, 6.45) is 4.73. The SMILES string of the molecule is CC(C)C[C@H](NC(=O)[C@H](Cc1ccccc1)NC(=O)c1cnccn1)B1OC(=O)[C@H](C)N(C)[C@H](C)[C@@H](C)O1. The highest BCUT2D eigenvalue weighted by Gasteiger charge is 2.43. The second kappa shape index (κ2) is 13.5. The molecule has 0 aliphatic carbocycles. The number of hydrogen-bond acceptors (Lipinski definition) is 8. The maximum atomic E-state index is 13.7. The van der Waals surface area contributed by atoms with Gasteiger partial charge >= 0.3 is 13.1 Å². The van der Waals surface area contributed by atoms with Gasteiger partial charge in [-0.25, -0.2) is 4.98 Å². The Kier molecular flexibility index (Phi) is 10.4. The largest absolute Gasteiger partial charge is 0.551 e. The highest BCUT2D eigenvalue weighted by molar-refractivity contribution is 6.49. The van der Waals surface area contributed by atoms with Crippen LogP contribution in [0.3, 0.4) is 0 Å². The molecule has 1 aromatic carbocycles. The lowest BCUT2D eigenvalue weighted by molar-refractivity contribution is -0.146. The van der Waals surface area contributed by atoms with Crippen molar-refractivity contribution in [1.82, 2.24) is 25.5 Å². The summed E-state index contributed by atoms with van der Waals surface area (Å²) in [6.45, 7) is 9.74. The Bertz CT molecular complexity index is 1070. The fourth-order valence-electron chi connectivity index (χ4n) is 4.33. The van der Waals surface area contributed by atoms with E-state index in [-0.39, 0.29) is 30.2 Å². The topological polar surface area (TPSA) is 123 Å². The van der Waals surface area contributed by atoms with Crippen molar-refractivity contribution in [3.05, 3.63) is 60.2 Å². The van der Waals surface area contributed by atoms with Crippen molar-refractivity contribution < 1.29 is 23.7 Å². The molecule has 0 saturated carbocycles. The highest BCUT2D eigenvalue weighted by atomic mass is 16.6. The molecule has 0 radical (unpaired) electrons. The number of benzene rings is 1. The number of aromatic nitrogens is 2. The molecule has 2 amide bonds. The third-order valence-corrected chi connectivity index (χ3v) is 6.94. The second-order valence-corrected chi connectivity index (χ2v) is 10.3. The first-order chi connectivity index (χ1) is 18.1. The van der Waals surface area contributed by atoms with Gasteiger partial charge in [0.2, 0.25) is 5.91 Å². The maximum absolute atomic E-state index is 13.7. The van der Waals surface area contributed by atoms with Gasteiger partial charge in [-0.15, -0.1) is 0 Å². The fourth-order valence-corrected chi connectivity index (χ4v) is 4.33. The highest BCUT2D eigenvalue weighted by Crippen LogP contribution is 2.20. The molecule has 1 aromatic heterocycles. The van der Waals surface area contributed by atoms with Crippen molar-refractivity contribution >= 4 is 24.9 Å². The van der Waals surface area contributed by atoms with Gasteiger partial charge in [0.05, 0.1) is 18.2 Å². The number of carbonyl (C=O) groups is 3. The van der Waals surface area contributed by atoms with Crippen LogP contribution in [0.25, 0.3) is 0 Å². The Morgan fingerprint density at radius 2 is 1.82 bits per heavy atom. The van der Waals surface area contributed by atoms with Crippen LogP contribution in [0.15, 0.2) is 48.9 Å². The van der Waals surface area contributed by atoms with E-state index < -0.39 is 42.9 Å². The van der Waals surface area contributed by atoms with E-state index in [1.54, 1.807) is 6.92 Å². The number of likely N-dealkylation sites (N-methyl/N-ethyl adjacent to an activating group) is 1. The molecule has 0 bridgehead atoms. The molecule has 2 aromatic rings. The van der Waals surface area contributed by atoms with E-state index in [0.29, 0.717) is 6.42 Å². The summed E-state index contributed by atoms with van der Waals surface area (Å²) in [5.41, 5.74) is 0.982. The van der Waals surface area contributed by atoms with E-state index in [4.69, 9.17) is 9.31 Å². The summed E-state index contributed by atoms with van der Waals surface area (Å²) >= 11 is 0.